The summed E-state index contributed by atoms with van der Waals surface area (Å²) in [5.41, 5.74) is 0. The van der Waals surface area contributed by atoms with Gasteiger partial charge in [-0.2, -0.15) is 0 Å². The smallest absolute Gasteiger partial charge is 0.261 e. The van der Waals surface area contributed by atoms with Crippen molar-refractivity contribution in [1.82, 2.24) is 10.5 Å². The first-order valence-electron chi connectivity index (χ1n) is 7.04. The fourth-order valence-electron chi connectivity index (χ4n) is 1.98. The number of rotatable bonds is 6. The van der Waals surface area contributed by atoms with Gasteiger partial charge in [-0.25, -0.2) is 0 Å². The first kappa shape index (κ1) is 16.2. The van der Waals surface area contributed by atoms with Gasteiger partial charge in [-0.15, -0.1) is 11.3 Å². The van der Waals surface area contributed by atoms with Gasteiger partial charge in [-0.1, -0.05) is 25.1 Å². The number of carbonyl (C=O) groups excluding carboxylic acids is 2. The minimum atomic E-state index is -0.619. The maximum absolute atomic E-state index is 12.4. The van der Waals surface area contributed by atoms with Crippen molar-refractivity contribution in [1.29, 1.82) is 0 Å². The highest BCUT2D eigenvalue weighted by atomic mass is 32.1. The summed E-state index contributed by atoms with van der Waals surface area (Å²) in [6.07, 6.45) is 0.541. The van der Waals surface area contributed by atoms with Crippen LogP contribution in [0.25, 0.3) is 0 Å². The molecular weight excluding hydrogens is 302 g/mol. The van der Waals surface area contributed by atoms with Gasteiger partial charge in [0.1, 0.15) is 11.8 Å². The highest BCUT2D eigenvalue weighted by molar-refractivity contribution is 7.12. The van der Waals surface area contributed by atoms with Gasteiger partial charge in [0.25, 0.3) is 5.91 Å². The number of hydrogen-bond acceptors (Lipinski definition) is 5. The molecule has 7 heteroatoms. The second-order valence-electron chi connectivity index (χ2n) is 5.44. The van der Waals surface area contributed by atoms with Gasteiger partial charge in [0.15, 0.2) is 5.82 Å². The van der Waals surface area contributed by atoms with Crippen molar-refractivity contribution in [3.8, 4) is 0 Å². The molecule has 0 saturated carbocycles. The maximum Gasteiger partial charge on any atom is 0.261 e. The summed E-state index contributed by atoms with van der Waals surface area (Å²) in [4.78, 5) is 25.1. The molecule has 0 aromatic carbocycles. The number of aryl methyl sites for hydroxylation is 1. The van der Waals surface area contributed by atoms with Gasteiger partial charge < -0.3 is 15.2 Å². The Morgan fingerprint density at radius 3 is 2.73 bits per heavy atom. The van der Waals surface area contributed by atoms with Crippen molar-refractivity contribution in [2.24, 2.45) is 5.92 Å². The van der Waals surface area contributed by atoms with E-state index in [1.54, 1.807) is 25.1 Å². The van der Waals surface area contributed by atoms with Crippen LogP contribution >= 0.6 is 11.3 Å². The van der Waals surface area contributed by atoms with Gasteiger partial charge in [-0.3, -0.25) is 9.59 Å². The summed E-state index contributed by atoms with van der Waals surface area (Å²) in [5.74, 6) is 0.678. The lowest BCUT2D eigenvalue weighted by molar-refractivity contribution is -0.118. The van der Waals surface area contributed by atoms with E-state index in [-0.39, 0.29) is 17.7 Å². The molecule has 1 atom stereocenters. The fourth-order valence-corrected chi connectivity index (χ4v) is 2.61. The van der Waals surface area contributed by atoms with E-state index in [9.17, 15) is 9.59 Å². The van der Waals surface area contributed by atoms with Crippen molar-refractivity contribution in [3.63, 3.8) is 0 Å². The molecule has 2 amide bonds. The molecule has 118 valence electrons. The molecule has 0 fully saturated rings. The lowest BCUT2D eigenvalue weighted by Gasteiger charge is -2.19. The number of nitrogens with zero attached hydrogens (tertiary/aromatic N) is 1. The average Bonchev–Trinajstić information content (AvgIpc) is 3.09. The van der Waals surface area contributed by atoms with Crippen molar-refractivity contribution in [2.45, 2.75) is 33.2 Å². The number of thiophene rings is 1. The highest BCUT2D eigenvalue weighted by Crippen LogP contribution is 2.13. The van der Waals surface area contributed by atoms with Crippen molar-refractivity contribution < 1.29 is 14.1 Å². The molecule has 0 aliphatic carbocycles. The van der Waals surface area contributed by atoms with Crippen LogP contribution in [0.4, 0.5) is 5.82 Å². The Morgan fingerprint density at radius 2 is 2.18 bits per heavy atom. The van der Waals surface area contributed by atoms with E-state index in [4.69, 9.17) is 4.52 Å². The third-order valence-electron chi connectivity index (χ3n) is 2.95. The monoisotopic (exact) mass is 321 g/mol. The molecule has 0 radical (unpaired) electrons. The zero-order chi connectivity index (χ0) is 16.1. The van der Waals surface area contributed by atoms with Crippen molar-refractivity contribution in [3.05, 3.63) is 34.2 Å². The van der Waals surface area contributed by atoms with E-state index in [1.807, 2.05) is 19.2 Å². The number of carbonyl (C=O) groups is 2. The first-order valence-corrected chi connectivity index (χ1v) is 7.92. The SMILES string of the molecule is Cc1cc(NC(=O)[C@@H](CC(C)C)NC(=O)c2cccs2)no1. The van der Waals surface area contributed by atoms with E-state index < -0.39 is 6.04 Å². The molecule has 0 unspecified atom stereocenters. The van der Waals surface area contributed by atoms with Crippen LogP contribution in [0.3, 0.4) is 0 Å². The van der Waals surface area contributed by atoms with Crippen LogP contribution in [-0.4, -0.2) is 23.0 Å². The van der Waals surface area contributed by atoms with E-state index in [0.717, 1.165) is 0 Å². The third kappa shape index (κ3) is 4.42. The van der Waals surface area contributed by atoms with Gasteiger partial charge in [0, 0.05) is 6.07 Å². The molecule has 6 nitrogen and oxygen atoms in total. The minimum absolute atomic E-state index is 0.243. The molecule has 0 spiro atoms. The van der Waals surface area contributed by atoms with Crippen molar-refractivity contribution in [2.75, 3.05) is 5.32 Å². The van der Waals surface area contributed by atoms with Crippen LogP contribution in [-0.2, 0) is 4.79 Å². The first-order chi connectivity index (χ1) is 10.5. The molecular formula is C15H19N3O3S. The quantitative estimate of drug-likeness (QED) is 0.857. The fraction of sp³-hybridized carbons (Fsp3) is 0.400. The topological polar surface area (TPSA) is 84.2 Å². The molecule has 2 heterocycles. The van der Waals surface area contributed by atoms with E-state index >= 15 is 0 Å². The molecule has 0 bridgehead atoms. The van der Waals surface area contributed by atoms with Crippen LogP contribution in [0.1, 0.15) is 35.7 Å². The molecule has 0 aliphatic heterocycles. The summed E-state index contributed by atoms with van der Waals surface area (Å²) < 4.78 is 4.92. The van der Waals surface area contributed by atoms with Crippen LogP contribution in [0.5, 0.6) is 0 Å². The molecule has 0 aliphatic rings. The number of anilines is 1. The molecule has 0 saturated heterocycles. The number of hydrogen-bond donors (Lipinski definition) is 2. The standard InChI is InChI=1S/C15H19N3O3S/c1-9(2)7-11(16-15(20)12-5-4-6-22-12)14(19)17-13-8-10(3)21-18-13/h4-6,8-9,11H,7H2,1-3H3,(H,16,20)(H,17,18,19)/t11-/m1/s1. The average molecular weight is 321 g/mol. The van der Waals surface area contributed by atoms with E-state index in [0.29, 0.717) is 22.9 Å². The largest absolute Gasteiger partial charge is 0.360 e. The Bertz CT molecular complexity index is 634. The molecule has 2 rings (SSSR count). The summed E-state index contributed by atoms with van der Waals surface area (Å²) in [5, 5.41) is 11.0. The molecule has 22 heavy (non-hydrogen) atoms. The van der Waals surface area contributed by atoms with E-state index in [2.05, 4.69) is 15.8 Å². The molecule has 2 aromatic rings. The Kier molecular flexibility index (Phi) is 5.32. The van der Waals surface area contributed by atoms with Crippen LogP contribution < -0.4 is 10.6 Å². The molecule has 2 N–H and O–H groups in total. The predicted molar refractivity (Wildman–Crippen MR) is 84.9 cm³/mol. The van der Waals surface area contributed by atoms with Crippen LogP contribution in [0.15, 0.2) is 28.1 Å². The second-order valence-corrected chi connectivity index (χ2v) is 6.39. The zero-order valence-electron chi connectivity index (χ0n) is 12.8. The summed E-state index contributed by atoms with van der Waals surface area (Å²) >= 11 is 1.34. The Labute approximate surface area is 132 Å². The number of amides is 2. The number of aromatic nitrogens is 1. The Morgan fingerprint density at radius 1 is 1.41 bits per heavy atom. The minimum Gasteiger partial charge on any atom is -0.360 e. The zero-order valence-corrected chi connectivity index (χ0v) is 13.6. The van der Waals surface area contributed by atoms with Crippen LogP contribution in [0.2, 0.25) is 0 Å². The third-order valence-corrected chi connectivity index (χ3v) is 3.82. The predicted octanol–water partition coefficient (Wildman–Crippen LogP) is 2.83. The van der Waals surface area contributed by atoms with Gasteiger partial charge in [0.05, 0.1) is 4.88 Å². The summed E-state index contributed by atoms with van der Waals surface area (Å²) in [6, 6.07) is 4.54. The number of nitrogens with one attached hydrogen (secondary N) is 2. The van der Waals surface area contributed by atoms with Gasteiger partial charge in [0.2, 0.25) is 5.91 Å². The van der Waals surface area contributed by atoms with Gasteiger partial charge >= 0.3 is 0 Å². The van der Waals surface area contributed by atoms with Crippen molar-refractivity contribution >= 4 is 29.0 Å². The highest BCUT2D eigenvalue weighted by Gasteiger charge is 2.23. The summed E-state index contributed by atoms with van der Waals surface area (Å²) in [6.45, 7) is 5.74. The van der Waals surface area contributed by atoms with Crippen LogP contribution in [0, 0.1) is 12.8 Å². The lowest BCUT2D eigenvalue weighted by Crippen LogP contribution is -2.44. The lowest BCUT2D eigenvalue weighted by atomic mass is 10.0. The Balaban J connectivity index is 2.04. The van der Waals surface area contributed by atoms with E-state index in [1.165, 1.54) is 11.3 Å². The summed E-state index contributed by atoms with van der Waals surface area (Å²) in [7, 11) is 0. The molecule has 2 aromatic heterocycles. The maximum atomic E-state index is 12.4. The van der Waals surface area contributed by atoms with Gasteiger partial charge in [-0.05, 0) is 30.7 Å². The Hall–Kier alpha value is -2.15. The normalized spacial score (nSPS) is 12.2. The second kappa shape index (κ2) is 7.22.